The first-order chi connectivity index (χ1) is 5.77. The topological polar surface area (TPSA) is 65.7 Å². The number of hydrogen-bond acceptors (Lipinski definition) is 5. The number of carbonyl (C=O) groups is 2. The van der Waals surface area contributed by atoms with Crippen LogP contribution in [0.4, 0.5) is 0 Å². The van der Waals surface area contributed by atoms with E-state index >= 15 is 0 Å². The minimum Gasteiger partial charge on any atom is -0.442 e. The fourth-order valence-electron chi connectivity index (χ4n) is 0.836. The number of furan rings is 1. The summed E-state index contributed by atoms with van der Waals surface area (Å²) in [5.41, 5.74) is 0. The van der Waals surface area contributed by atoms with E-state index in [1.807, 2.05) is 0 Å². The van der Waals surface area contributed by atoms with E-state index in [0.717, 1.165) is 0 Å². The first kappa shape index (κ1) is 6.90. The molecule has 62 valence electrons. The van der Waals surface area contributed by atoms with Crippen molar-refractivity contribution in [2.45, 2.75) is 0 Å². The maximum absolute atomic E-state index is 10.9. The van der Waals surface area contributed by atoms with Crippen LogP contribution < -0.4 is 0 Å². The minimum absolute atomic E-state index is 0.0154. The van der Waals surface area contributed by atoms with E-state index in [2.05, 4.69) is 9.47 Å². The summed E-state index contributed by atoms with van der Waals surface area (Å²) in [4.78, 5) is 21.8. The van der Waals surface area contributed by atoms with Crippen LogP contribution in [-0.4, -0.2) is 18.7 Å². The van der Waals surface area contributed by atoms with Crippen molar-refractivity contribution in [1.82, 2.24) is 0 Å². The third-order valence-electron chi connectivity index (χ3n) is 1.39. The molecule has 12 heavy (non-hydrogen) atoms. The first-order valence-corrected chi connectivity index (χ1v) is 3.21. The quantitative estimate of drug-likeness (QED) is 0.529. The third-order valence-corrected chi connectivity index (χ3v) is 1.39. The summed E-state index contributed by atoms with van der Waals surface area (Å²) in [6.45, 7) is -0.365. The standard InChI is InChI=1S/C7H4O5/c8-6-4-1-2-5(12-4)7(9)11-3-10-6/h1-2H,3H2. The molecule has 0 radical (unpaired) electrons. The molecule has 1 aromatic rings. The number of carbonyl (C=O) groups excluding carboxylic acids is 2. The molecule has 0 atom stereocenters. The van der Waals surface area contributed by atoms with Crippen molar-refractivity contribution in [2.24, 2.45) is 0 Å². The van der Waals surface area contributed by atoms with Crippen LogP contribution >= 0.6 is 0 Å². The monoisotopic (exact) mass is 168 g/mol. The molecule has 2 rings (SSSR count). The Hall–Kier alpha value is -1.78. The Kier molecular flexibility index (Phi) is 1.36. The number of fused-ring (bicyclic) bond motifs is 2. The zero-order valence-electron chi connectivity index (χ0n) is 5.90. The van der Waals surface area contributed by atoms with Gasteiger partial charge in [0.05, 0.1) is 0 Å². The smallest absolute Gasteiger partial charge is 0.377 e. The summed E-state index contributed by atoms with van der Waals surface area (Å²) >= 11 is 0. The van der Waals surface area contributed by atoms with E-state index < -0.39 is 11.9 Å². The van der Waals surface area contributed by atoms with Gasteiger partial charge in [-0.05, 0) is 12.1 Å². The molecule has 1 aromatic heterocycles. The van der Waals surface area contributed by atoms with E-state index in [4.69, 9.17) is 4.42 Å². The minimum atomic E-state index is -0.631. The van der Waals surface area contributed by atoms with E-state index in [9.17, 15) is 9.59 Å². The summed E-state index contributed by atoms with van der Waals surface area (Å²) in [7, 11) is 0. The zero-order valence-corrected chi connectivity index (χ0v) is 5.90. The van der Waals surface area contributed by atoms with Crippen LogP contribution in [0.5, 0.6) is 0 Å². The molecule has 0 amide bonds. The second-order valence-corrected chi connectivity index (χ2v) is 2.15. The molecule has 0 N–H and O–H groups in total. The molecule has 1 aliphatic heterocycles. The zero-order chi connectivity index (χ0) is 8.55. The van der Waals surface area contributed by atoms with Crippen LogP contribution in [0.3, 0.4) is 0 Å². The van der Waals surface area contributed by atoms with E-state index in [0.29, 0.717) is 0 Å². The Morgan fingerprint density at radius 3 is 2.00 bits per heavy atom. The van der Waals surface area contributed by atoms with Gasteiger partial charge in [-0.15, -0.1) is 0 Å². The second-order valence-electron chi connectivity index (χ2n) is 2.15. The van der Waals surface area contributed by atoms with Crippen molar-refractivity contribution < 1.29 is 23.5 Å². The molecule has 0 spiro atoms. The lowest BCUT2D eigenvalue weighted by atomic mass is 10.4. The van der Waals surface area contributed by atoms with Crippen LogP contribution in [-0.2, 0) is 9.47 Å². The highest BCUT2D eigenvalue weighted by Gasteiger charge is 2.21. The van der Waals surface area contributed by atoms with Crippen LogP contribution in [0.25, 0.3) is 0 Å². The SMILES string of the molecule is O=C1OCOC(=O)c2ccc1o2. The third kappa shape index (κ3) is 0.952. The van der Waals surface area contributed by atoms with Gasteiger partial charge in [-0.2, -0.15) is 0 Å². The van der Waals surface area contributed by atoms with Gasteiger partial charge >= 0.3 is 11.9 Å². The van der Waals surface area contributed by atoms with Crippen molar-refractivity contribution in [3.05, 3.63) is 23.7 Å². The predicted octanol–water partition coefficient (Wildman–Crippen LogP) is 0.564. The van der Waals surface area contributed by atoms with Crippen molar-refractivity contribution in [1.29, 1.82) is 0 Å². The number of ether oxygens (including phenoxy) is 2. The van der Waals surface area contributed by atoms with Gasteiger partial charge < -0.3 is 13.9 Å². The molecule has 0 aliphatic carbocycles. The number of esters is 2. The fourth-order valence-corrected chi connectivity index (χ4v) is 0.836. The normalized spacial score (nSPS) is 16.0. The Morgan fingerprint density at radius 1 is 1.00 bits per heavy atom. The van der Waals surface area contributed by atoms with Crippen molar-refractivity contribution >= 4 is 11.9 Å². The van der Waals surface area contributed by atoms with Crippen LogP contribution in [0, 0.1) is 0 Å². The van der Waals surface area contributed by atoms with Gasteiger partial charge in [-0.1, -0.05) is 0 Å². The summed E-state index contributed by atoms with van der Waals surface area (Å²) in [5.74, 6) is -1.23. The van der Waals surface area contributed by atoms with Gasteiger partial charge in [0.15, 0.2) is 0 Å². The van der Waals surface area contributed by atoms with E-state index in [1.165, 1.54) is 12.1 Å². The number of rotatable bonds is 0. The largest absolute Gasteiger partial charge is 0.442 e. The average molecular weight is 168 g/mol. The lowest BCUT2D eigenvalue weighted by molar-refractivity contribution is -0.0246. The summed E-state index contributed by atoms with van der Waals surface area (Å²) < 4.78 is 13.7. The number of cyclic esters (lactones) is 2. The molecule has 0 saturated heterocycles. The molecule has 5 heteroatoms. The van der Waals surface area contributed by atoms with Crippen molar-refractivity contribution in [2.75, 3.05) is 6.79 Å². The lowest BCUT2D eigenvalue weighted by Gasteiger charge is -2.05. The van der Waals surface area contributed by atoms with Crippen molar-refractivity contribution in [3.63, 3.8) is 0 Å². The molecule has 0 fully saturated rings. The van der Waals surface area contributed by atoms with Gasteiger partial charge in [0, 0.05) is 0 Å². The van der Waals surface area contributed by atoms with Crippen LogP contribution in [0.1, 0.15) is 21.1 Å². The highest BCUT2D eigenvalue weighted by Crippen LogP contribution is 2.12. The molecule has 0 unspecified atom stereocenters. The highest BCUT2D eigenvalue weighted by atomic mass is 16.7. The molecule has 0 saturated carbocycles. The van der Waals surface area contributed by atoms with Gasteiger partial charge in [-0.3, -0.25) is 0 Å². The Balaban J connectivity index is 2.46. The maximum Gasteiger partial charge on any atom is 0.377 e. The number of hydrogen-bond donors (Lipinski definition) is 0. The molecule has 5 nitrogen and oxygen atoms in total. The molecule has 2 bridgehead atoms. The highest BCUT2D eigenvalue weighted by molar-refractivity contribution is 5.91. The molecule has 2 heterocycles. The average Bonchev–Trinajstić information content (AvgIpc) is 2.51. The van der Waals surface area contributed by atoms with Gasteiger partial charge in [0.1, 0.15) is 0 Å². The Bertz CT molecular complexity index is 307. The Labute approximate surface area is 66.9 Å². The molecule has 1 aliphatic rings. The van der Waals surface area contributed by atoms with Crippen molar-refractivity contribution in [3.8, 4) is 0 Å². The lowest BCUT2D eigenvalue weighted by Crippen LogP contribution is -2.14. The van der Waals surface area contributed by atoms with Crippen LogP contribution in [0.2, 0.25) is 0 Å². The maximum atomic E-state index is 10.9. The second kappa shape index (κ2) is 2.37. The van der Waals surface area contributed by atoms with Gasteiger partial charge in [-0.25, -0.2) is 9.59 Å². The fraction of sp³-hybridized carbons (Fsp3) is 0.143. The van der Waals surface area contributed by atoms with Gasteiger partial charge in [0.2, 0.25) is 18.3 Å². The predicted molar refractivity (Wildman–Crippen MR) is 34.4 cm³/mol. The Morgan fingerprint density at radius 2 is 1.50 bits per heavy atom. The summed E-state index contributed by atoms with van der Waals surface area (Å²) in [6.07, 6.45) is 0. The van der Waals surface area contributed by atoms with Crippen LogP contribution in [0.15, 0.2) is 16.5 Å². The molecular weight excluding hydrogens is 164 g/mol. The molecular formula is C7H4O5. The van der Waals surface area contributed by atoms with Gasteiger partial charge in [0.25, 0.3) is 0 Å². The summed E-state index contributed by atoms with van der Waals surface area (Å²) in [5, 5.41) is 0. The van der Waals surface area contributed by atoms with E-state index in [1.54, 1.807) is 0 Å². The van der Waals surface area contributed by atoms with E-state index in [-0.39, 0.29) is 18.3 Å². The summed E-state index contributed by atoms with van der Waals surface area (Å²) in [6, 6.07) is 2.73. The first-order valence-electron chi connectivity index (χ1n) is 3.21. The molecule has 0 aromatic carbocycles.